The largest absolute Gasteiger partial charge is 0.358 e. The van der Waals surface area contributed by atoms with Crippen LogP contribution in [0.4, 0.5) is 9.93 Å². The standard InChI is InChI=1S/C11H19N5O2S2/c1-5-6(2)13-10-15-16-11(20-10)19-7(3)8(17)14-9(18)12-4/h6-7H,5H2,1-4H3,(H,13,15)(H2,12,14,17,18)/t6-,7-/m1/s1. The fourth-order valence-corrected chi connectivity index (χ4v) is 3.12. The zero-order chi connectivity index (χ0) is 15.1. The molecule has 0 fully saturated rings. The SMILES string of the molecule is CC[C@@H](C)Nc1nnc(S[C@H](C)C(=O)NC(=O)NC)s1. The Bertz CT molecular complexity index is 465. The number of urea groups is 1. The van der Waals surface area contributed by atoms with Crippen LogP contribution in [0.2, 0.25) is 0 Å². The van der Waals surface area contributed by atoms with Crippen molar-refractivity contribution in [2.24, 2.45) is 0 Å². The molecular formula is C11H19N5O2S2. The van der Waals surface area contributed by atoms with Gasteiger partial charge in [-0.25, -0.2) is 4.79 Å². The molecule has 9 heteroatoms. The maximum absolute atomic E-state index is 11.7. The van der Waals surface area contributed by atoms with Crippen LogP contribution in [-0.2, 0) is 4.79 Å². The summed E-state index contributed by atoms with van der Waals surface area (Å²) in [6.45, 7) is 5.86. The summed E-state index contributed by atoms with van der Waals surface area (Å²) in [5.74, 6) is -0.360. The number of nitrogens with one attached hydrogen (secondary N) is 3. The molecular weight excluding hydrogens is 298 g/mol. The lowest BCUT2D eigenvalue weighted by Crippen LogP contribution is -2.41. The second-order valence-electron chi connectivity index (χ2n) is 4.16. The third-order valence-corrected chi connectivity index (χ3v) is 4.54. The van der Waals surface area contributed by atoms with Crippen molar-refractivity contribution in [3.05, 3.63) is 0 Å². The van der Waals surface area contributed by atoms with Gasteiger partial charge >= 0.3 is 6.03 Å². The van der Waals surface area contributed by atoms with Gasteiger partial charge in [-0.15, -0.1) is 10.2 Å². The minimum atomic E-state index is -0.515. The molecule has 1 aromatic rings. The van der Waals surface area contributed by atoms with Crippen molar-refractivity contribution in [1.29, 1.82) is 0 Å². The molecule has 1 aromatic heterocycles. The van der Waals surface area contributed by atoms with E-state index in [1.165, 1.54) is 30.1 Å². The second-order valence-corrected chi connectivity index (χ2v) is 6.72. The van der Waals surface area contributed by atoms with E-state index in [1.54, 1.807) is 6.92 Å². The average Bonchev–Trinajstić information content (AvgIpc) is 2.85. The van der Waals surface area contributed by atoms with Gasteiger partial charge in [0.2, 0.25) is 11.0 Å². The van der Waals surface area contributed by atoms with E-state index in [-0.39, 0.29) is 5.91 Å². The van der Waals surface area contributed by atoms with Gasteiger partial charge < -0.3 is 10.6 Å². The summed E-state index contributed by atoms with van der Waals surface area (Å²) in [5.41, 5.74) is 0. The van der Waals surface area contributed by atoms with Crippen molar-refractivity contribution in [2.75, 3.05) is 12.4 Å². The molecule has 1 rings (SSSR count). The monoisotopic (exact) mass is 317 g/mol. The molecule has 0 radical (unpaired) electrons. The number of anilines is 1. The van der Waals surface area contributed by atoms with Gasteiger partial charge in [0.25, 0.3) is 0 Å². The molecule has 112 valence electrons. The number of imide groups is 1. The van der Waals surface area contributed by atoms with E-state index in [2.05, 4.69) is 40.0 Å². The number of thioether (sulfide) groups is 1. The number of aromatic nitrogens is 2. The first-order valence-corrected chi connectivity index (χ1v) is 7.95. The van der Waals surface area contributed by atoms with E-state index in [9.17, 15) is 9.59 Å². The molecule has 0 aliphatic heterocycles. The van der Waals surface area contributed by atoms with Crippen LogP contribution in [0.15, 0.2) is 4.34 Å². The molecule has 0 aromatic carbocycles. The second kappa shape index (κ2) is 8.05. The summed E-state index contributed by atoms with van der Waals surface area (Å²) in [6.07, 6.45) is 0.993. The molecule has 7 nitrogen and oxygen atoms in total. The van der Waals surface area contributed by atoms with Gasteiger partial charge in [0.15, 0.2) is 4.34 Å². The molecule has 1 heterocycles. The molecule has 20 heavy (non-hydrogen) atoms. The zero-order valence-electron chi connectivity index (χ0n) is 11.9. The number of rotatable bonds is 6. The van der Waals surface area contributed by atoms with Crippen LogP contribution >= 0.6 is 23.1 Å². The van der Waals surface area contributed by atoms with E-state index in [0.717, 1.165) is 11.6 Å². The minimum absolute atomic E-state index is 0.328. The quantitative estimate of drug-likeness (QED) is 0.691. The Balaban J connectivity index is 2.51. The third-order valence-electron chi connectivity index (χ3n) is 2.50. The fourth-order valence-electron chi connectivity index (χ4n) is 1.11. The molecule has 3 N–H and O–H groups in total. The average molecular weight is 317 g/mol. The Morgan fingerprint density at radius 2 is 2.05 bits per heavy atom. The van der Waals surface area contributed by atoms with Crippen molar-refractivity contribution in [2.45, 2.75) is 42.8 Å². The van der Waals surface area contributed by atoms with Crippen LogP contribution in [0.25, 0.3) is 0 Å². The van der Waals surface area contributed by atoms with E-state index in [4.69, 9.17) is 0 Å². The highest BCUT2D eigenvalue weighted by molar-refractivity contribution is 8.02. The highest BCUT2D eigenvalue weighted by Gasteiger charge is 2.19. The molecule has 0 bridgehead atoms. The first-order chi connectivity index (χ1) is 9.46. The van der Waals surface area contributed by atoms with E-state index in [0.29, 0.717) is 10.4 Å². The minimum Gasteiger partial charge on any atom is -0.358 e. The first-order valence-electron chi connectivity index (χ1n) is 6.25. The number of hydrogen-bond donors (Lipinski definition) is 3. The lowest BCUT2D eigenvalue weighted by molar-refractivity contribution is -0.119. The lowest BCUT2D eigenvalue weighted by Gasteiger charge is -2.09. The fraction of sp³-hybridized carbons (Fsp3) is 0.636. The molecule has 2 atom stereocenters. The van der Waals surface area contributed by atoms with E-state index >= 15 is 0 Å². The van der Waals surface area contributed by atoms with Crippen molar-refractivity contribution in [1.82, 2.24) is 20.8 Å². The topological polar surface area (TPSA) is 96.0 Å². The smallest absolute Gasteiger partial charge is 0.321 e. The van der Waals surface area contributed by atoms with Gasteiger partial charge in [-0.3, -0.25) is 10.1 Å². The Morgan fingerprint density at radius 3 is 2.65 bits per heavy atom. The molecule has 0 aliphatic rings. The number of carbonyl (C=O) groups excluding carboxylic acids is 2. The Labute approximate surface area is 126 Å². The van der Waals surface area contributed by atoms with Crippen molar-refractivity contribution < 1.29 is 9.59 Å². The van der Waals surface area contributed by atoms with Crippen molar-refractivity contribution in [3.63, 3.8) is 0 Å². The number of carbonyl (C=O) groups is 2. The number of nitrogens with zero attached hydrogens (tertiary/aromatic N) is 2. The molecule has 0 saturated carbocycles. The van der Waals surface area contributed by atoms with Gasteiger partial charge in [-0.2, -0.15) is 0 Å². The van der Waals surface area contributed by atoms with Crippen LogP contribution in [0, 0.1) is 0 Å². The summed E-state index contributed by atoms with van der Waals surface area (Å²) in [5, 5.41) is 16.1. The van der Waals surface area contributed by atoms with Crippen molar-refractivity contribution in [3.8, 4) is 0 Å². The summed E-state index contributed by atoms with van der Waals surface area (Å²) < 4.78 is 0.690. The Morgan fingerprint density at radius 1 is 1.35 bits per heavy atom. The summed E-state index contributed by atoms with van der Waals surface area (Å²) in [6, 6.07) is -0.186. The predicted octanol–water partition coefficient (Wildman–Crippen LogP) is 1.68. The van der Waals surface area contributed by atoms with Gasteiger partial charge in [0, 0.05) is 13.1 Å². The van der Waals surface area contributed by atoms with Crippen LogP contribution in [0.1, 0.15) is 27.2 Å². The van der Waals surface area contributed by atoms with Crippen LogP contribution in [0.5, 0.6) is 0 Å². The van der Waals surface area contributed by atoms with E-state index in [1.807, 2.05) is 0 Å². The highest BCUT2D eigenvalue weighted by Crippen LogP contribution is 2.29. The van der Waals surface area contributed by atoms with Crippen LogP contribution < -0.4 is 16.0 Å². The molecule has 3 amide bonds. The molecule has 0 unspecified atom stereocenters. The maximum atomic E-state index is 11.7. The van der Waals surface area contributed by atoms with Gasteiger partial charge in [0.1, 0.15) is 0 Å². The number of hydrogen-bond acceptors (Lipinski definition) is 7. The normalized spacial score (nSPS) is 13.4. The van der Waals surface area contributed by atoms with Crippen molar-refractivity contribution >= 4 is 40.2 Å². The summed E-state index contributed by atoms with van der Waals surface area (Å²) >= 11 is 2.67. The number of amides is 3. The third kappa shape index (κ3) is 5.33. The molecule has 0 spiro atoms. The van der Waals surface area contributed by atoms with Gasteiger partial charge in [-0.1, -0.05) is 30.0 Å². The maximum Gasteiger partial charge on any atom is 0.321 e. The zero-order valence-corrected chi connectivity index (χ0v) is 13.5. The summed E-state index contributed by atoms with van der Waals surface area (Å²) in [4.78, 5) is 22.7. The van der Waals surface area contributed by atoms with E-state index < -0.39 is 11.3 Å². The Kier molecular flexibility index (Phi) is 6.73. The van der Waals surface area contributed by atoms with Gasteiger partial charge in [0.05, 0.1) is 5.25 Å². The van der Waals surface area contributed by atoms with Gasteiger partial charge in [-0.05, 0) is 20.3 Å². The Hall–Kier alpha value is -1.35. The highest BCUT2D eigenvalue weighted by atomic mass is 32.2. The summed E-state index contributed by atoms with van der Waals surface area (Å²) in [7, 11) is 1.46. The predicted molar refractivity (Wildman–Crippen MR) is 81.2 cm³/mol. The van der Waals surface area contributed by atoms with Crippen LogP contribution in [-0.4, -0.2) is 40.5 Å². The molecule has 0 aliphatic carbocycles. The first kappa shape index (κ1) is 16.7. The van der Waals surface area contributed by atoms with Crippen LogP contribution in [0.3, 0.4) is 0 Å². The molecule has 0 saturated heterocycles. The lowest BCUT2D eigenvalue weighted by atomic mass is 10.3.